The van der Waals surface area contributed by atoms with Crippen LogP contribution in [0.25, 0.3) is 0 Å². The number of carbonyl (C=O) groups is 2. The number of rotatable bonds is 3. The average molecular weight is 303 g/mol. The maximum absolute atomic E-state index is 12.3. The van der Waals surface area contributed by atoms with Crippen molar-refractivity contribution in [2.45, 2.75) is 32.2 Å². The number of likely N-dealkylation sites (tertiary alicyclic amines) is 1. The summed E-state index contributed by atoms with van der Waals surface area (Å²) in [5.41, 5.74) is 0.878. The molecule has 2 bridgehead atoms. The van der Waals surface area contributed by atoms with Crippen LogP contribution in [0.3, 0.4) is 0 Å². The number of nitrogens with zero attached hydrogens (tertiary/aromatic N) is 1. The summed E-state index contributed by atoms with van der Waals surface area (Å²) >= 11 is 1.52. The Labute approximate surface area is 127 Å². The second-order valence-electron chi connectivity index (χ2n) is 5.55. The summed E-state index contributed by atoms with van der Waals surface area (Å²) in [7, 11) is 0. The number of aliphatic hydroxyl groups is 1. The van der Waals surface area contributed by atoms with E-state index in [1.807, 2.05) is 11.4 Å². The van der Waals surface area contributed by atoms with Crippen LogP contribution in [0.2, 0.25) is 0 Å². The summed E-state index contributed by atoms with van der Waals surface area (Å²) in [4.78, 5) is 27.0. The Morgan fingerprint density at radius 2 is 2.00 bits per heavy atom. The highest BCUT2D eigenvalue weighted by atomic mass is 32.1. The minimum Gasteiger partial charge on any atom is -0.395 e. The Morgan fingerprint density at radius 3 is 2.67 bits per heavy atom. The summed E-state index contributed by atoms with van der Waals surface area (Å²) in [5, 5.41) is 10.6. The predicted octanol–water partition coefficient (Wildman–Crippen LogP) is 1.77. The molecule has 5 heteroatoms. The van der Waals surface area contributed by atoms with Crippen LogP contribution in [0.1, 0.15) is 36.1 Å². The van der Waals surface area contributed by atoms with Crippen molar-refractivity contribution in [3.63, 3.8) is 0 Å². The van der Waals surface area contributed by atoms with Gasteiger partial charge in [-0.1, -0.05) is 11.8 Å². The Bertz CT molecular complexity index is 603. The summed E-state index contributed by atoms with van der Waals surface area (Å²) in [5.74, 6) is 5.93. The second-order valence-corrected chi connectivity index (χ2v) is 6.54. The van der Waals surface area contributed by atoms with E-state index in [4.69, 9.17) is 5.11 Å². The van der Waals surface area contributed by atoms with Gasteiger partial charge in [-0.3, -0.25) is 14.5 Å². The maximum Gasteiger partial charge on any atom is 0.232 e. The molecular formula is C16H17NO3S. The van der Waals surface area contributed by atoms with E-state index in [1.54, 1.807) is 0 Å². The highest BCUT2D eigenvalue weighted by Crippen LogP contribution is 2.38. The summed E-state index contributed by atoms with van der Waals surface area (Å²) < 4.78 is 0. The molecule has 2 aliphatic rings. The molecular weight excluding hydrogens is 286 g/mol. The summed E-state index contributed by atoms with van der Waals surface area (Å²) in [6, 6.07) is 1.92. The van der Waals surface area contributed by atoms with Gasteiger partial charge < -0.3 is 5.11 Å². The van der Waals surface area contributed by atoms with Gasteiger partial charge in [0.2, 0.25) is 11.8 Å². The van der Waals surface area contributed by atoms with Crippen LogP contribution in [0.4, 0.5) is 0 Å². The van der Waals surface area contributed by atoms with Crippen molar-refractivity contribution in [3.05, 3.63) is 21.9 Å². The molecule has 1 aliphatic heterocycles. The molecule has 0 radical (unpaired) electrons. The first-order valence-corrected chi connectivity index (χ1v) is 8.09. The molecule has 2 unspecified atom stereocenters. The summed E-state index contributed by atoms with van der Waals surface area (Å²) in [6.07, 6.45) is 2.91. The van der Waals surface area contributed by atoms with Gasteiger partial charge in [0.15, 0.2) is 0 Å². The Balaban J connectivity index is 1.70. The average Bonchev–Trinajstić information content (AvgIpc) is 3.10. The lowest BCUT2D eigenvalue weighted by Crippen LogP contribution is -2.45. The van der Waals surface area contributed by atoms with Crippen molar-refractivity contribution in [2.75, 3.05) is 6.61 Å². The van der Waals surface area contributed by atoms with E-state index in [2.05, 4.69) is 11.8 Å². The fraction of sp³-hybridized carbons (Fsp3) is 0.500. The first-order chi connectivity index (χ1) is 10.2. The van der Waals surface area contributed by atoms with Crippen molar-refractivity contribution in [1.29, 1.82) is 0 Å². The Hall–Kier alpha value is -1.64. The molecule has 1 N–H and O–H groups in total. The molecule has 1 aromatic heterocycles. The zero-order valence-corrected chi connectivity index (χ0v) is 12.5. The molecule has 3 rings (SSSR count). The molecule has 0 aromatic carbocycles. The highest BCUT2D eigenvalue weighted by Gasteiger charge is 2.45. The topological polar surface area (TPSA) is 57.6 Å². The molecule has 2 atom stereocenters. The van der Waals surface area contributed by atoms with Crippen LogP contribution in [-0.2, 0) is 16.1 Å². The molecule has 1 saturated heterocycles. The van der Waals surface area contributed by atoms with Gasteiger partial charge in [0.1, 0.15) is 0 Å². The number of hydrogen-bond donors (Lipinski definition) is 1. The normalized spacial score (nSPS) is 24.1. The van der Waals surface area contributed by atoms with Crippen LogP contribution in [0.5, 0.6) is 0 Å². The quantitative estimate of drug-likeness (QED) is 0.684. The zero-order valence-electron chi connectivity index (χ0n) is 11.7. The molecule has 1 aromatic rings. The minimum absolute atomic E-state index is 0.00457. The number of piperidine rings is 1. The van der Waals surface area contributed by atoms with Gasteiger partial charge in [0, 0.05) is 34.1 Å². The van der Waals surface area contributed by atoms with Gasteiger partial charge >= 0.3 is 0 Å². The Morgan fingerprint density at radius 1 is 1.29 bits per heavy atom. The van der Waals surface area contributed by atoms with Gasteiger partial charge in [-0.25, -0.2) is 0 Å². The monoisotopic (exact) mass is 303 g/mol. The second kappa shape index (κ2) is 6.00. The SMILES string of the molecule is O=C1C2CCC(C2)C(=O)N1Cc1cc(C#CCCO)cs1. The largest absolute Gasteiger partial charge is 0.395 e. The number of amides is 2. The molecule has 1 saturated carbocycles. The van der Waals surface area contributed by atoms with Crippen LogP contribution in [0, 0.1) is 23.7 Å². The molecule has 2 heterocycles. The number of hydrogen-bond acceptors (Lipinski definition) is 4. The van der Waals surface area contributed by atoms with Gasteiger partial charge in [0.25, 0.3) is 0 Å². The van der Waals surface area contributed by atoms with E-state index in [-0.39, 0.29) is 30.3 Å². The lowest BCUT2D eigenvalue weighted by Gasteiger charge is -2.29. The fourth-order valence-electron chi connectivity index (χ4n) is 3.04. The van der Waals surface area contributed by atoms with E-state index >= 15 is 0 Å². The summed E-state index contributed by atoms with van der Waals surface area (Å²) in [6.45, 7) is 0.431. The van der Waals surface area contributed by atoms with Crippen LogP contribution in [0.15, 0.2) is 11.4 Å². The Kier molecular flexibility index (Phi) is 4.09. The molecule has 2 fully saturated rings. The third kappa shape index (κ3) is 2.87. The van der Waals surface area contributed by atoms with Crippen molar-refractivity contribution in [2.24, 2.45) is 11.8 Å². The van der Waals surface area contributed by atoms with Crippen molar-refractivity contribution in [3.8, 4) is 11.8 Å². The van der Waals surface area contributed by atoms with Gasteiger partial charge in [-0.15, -0.1) is 11.3 Å². The zero-order chi connectivity index (χ0) is 14.8. The van der Waals surface area contributed by atoms with Gasteiger partial charge in [-0.2, -0.15) is 0 Å². The van der Waals surface area contributed by atoms with E-state index in [1.165, 1.54) is 16.2 Å². The fourth-order valence-corrected chi connectivity index (χ4v) is 3.84. The molecule has 2 amide bonds. The van der Waals surface area contributed by atoms with E-state index in [9.17, 15) is 9.59 Å². The highest BCUT2D eigenvalue weighted by molar-refractivity contribution is 7.10. The molecule has 0 spiro atoms. The van der Waals surface area contributed by atoms with E-state index in [0.717, 1.165) is 29.7 Å². The van der Waals surface area contributed by atoms with Crippen LogP contribution in [-0.4, -0.2) is 28.4 Å². The third-order valence-corrected chi connectivity index (χ3v) is 5.02. The van der Waals surface area contributed by atoms with Crippen molar-refractivity contribution in [1.82, 2.24) is 4.90 Å². The van der Waals surface area contributed by atoms with Crippen LogP contribution >= 0.6 is 11.3 Å². The number of aliphatic hydroxyl groups excluding tert-OH is 1. The van der Waals surface area contributed by atoms with Gasteiger partial charge in [-0.05, 0) is 25.3 Å². The number of imide groups is 1. The maximum atomic E-state index is 12.3. The number of thiophene rings is 1. The number of fused-ring (bicyclic) bond motifs is 2. The third-order valence-electron chi connectivity index (χ3n) is 4.10. The first-order valence-electron chi connectivity index (χ1n) is 7.21. The first kappa shape index (κ1) is 14.3. The van der Waals surface area contributed by atoms with Crippen molar-refractivity contribution >= 4 is 23.2 Å². The van der Waals surface area contributed by atoms with Gasteiger partial charge in [0.05, 0.1) is 13.2 Å². The predicted molar refractivity (Wildman–Crippen MR) is 79.3 cm³/mol. The molecule has 21 heavy (non-hydrogen) atoms. The molecule has 4 nitrogen and oxygen atoms in total. The standard InChI is InChI=1S/C16H17NO3S/c18-6-2-1-3-11-7-14(21-10-11)9-17-15(19)12-4-5-13(8-12)16(17)20/h7,10,12-13,18H,2,4-6,8-9H2. The minimum atomic E-state index is -0.00457. The lowest BCUT2D eigenvalue weighted by atomic mass is 9.97. The van der Waals surface area contributed by atoms with E-state index < -0.39 is 0 Å². The van der Waals surface area contributed by atoms with E-state index in [0.29, 0.717) is 13.0 Å². The molecule has 110 valence electrons. The molecule has 1 aliphatic carbocycles. The van der Waals surface area contributed by atoms with Crippen LogP contribution < -0.4 is 0 Å². The smallest absolute Gasteiger partial charge is 0.232 e. The van der Waals surface area contributed by atoms with Crippen molar-refractivity contribution < 1.29 is 14.7 Å². The number of carbonyl (C=O) groups excluding carboxylic acids is 2. The lowest BCUT2D eigenvalue weighted by molar-refractivity contribution is -0.153.